The zero-order valence-corrected chi connectivity index (χ0v) is 11.3. The third kappa shape index (κ3) is 2.07. The number of pyridine rings is 1. The summed E-state index contributed by atoms with van der Waals surface area (Å²) in [6.07, 6.45) is 4.89. The number of nitrogens with zero attached hydrogens (tertiary/aromatic N) is 5. The lowest BCUT2D eigenvalue weighted by Crippen LogP contribution is -2.02. The molecule has 0 bridgehead atoms. The molecule has 0 atom stereocenters. The molecule has 3 heterocycles. The fourth-order valence-electron chi connectivity index (χ4n) is 2.22. The molecule has 0 spiro atoms. The number of nitriles is 1. The van der Waals surface area contributed by atoms with Gasteiger partial charge < -0.3 is 10.4 Å². The van der Waals surface area contributed by atoms with Gasteiger partial charge in [-0.1, -0.05) is 6.07 Å². The quantitative estimate of drug-likeness (QED) is 0.747. The Morgan fingerprint density at radius 1 is 1.38 bits per heavy atom. The van der Waals surface area contributed by atoms with Crippen LogP contribution in [0.5, 0.6) is 0 Å². The molecule has 0 unspecified atom stereocenters. The van der Waals surface area contributed by atoms with E-state index in [2.05, 4.69) is 20.3 Å². The number of hydrogen-bond acceptors (Lipinski definition) is 6. The molecular formula is C14H12N6O. The zero-order valence-electron chi connectivity index (χ0n) is 11.3. The number of nitrogens with one attached hydrogen (secondary N) is 1. The normalized spacial score (nSPS) is 10.5. The Morgan fingerprint density at radius 3 is 2.95 bits per heavy atom. The molecule has 104 valence electrons. The summed E-state index contributed by atoms with van der Waals surface area (Å²) in [7, 11) is 1.75. The molecule has 21 heavy (non-hydrogen) atoms. The predicted octanol–water partition coefficient (Wildman–Crippen LogP) is 1.20. The second kappa shape index (κ2) is 5.19. The van der Waals surface area contributed by atoms with Crippen LogP contribution in [0, 0.1) is 11.3 Å². The Morgan fingerprint density at radius 2 is 2.24 bits per heavy atom. The van der Waals surface area contributed by atoms with Gasteiger partial charge in [-0.05, 0) is 6.07 Å². The summed E-state index contributed by atoms with van der Waals surface area (Å²) in [5.41, 5.74) is 2.89. The van der Waals surface area contributed by atoms with Gasteiger partial charge in [0.05, 0.1) is 18.5 Å². The molecular weight excluding hydrogens is 268 g/mol. The van der Waals surface area contributed by atoms with Crippen LogP contribution in [0.25, 0.3) is 16.8 Å². The SMILES string of the molecule is CNc1ncc(-c2cccnc2CO)c2nc(C#N)cn12. The monoisotopic (exact) mass is 280 g/mol. The number of aromatic nitrogens is 4. The van der Waals surface area contributed by atoms with Gasteiger partial charge in [-0.25, -0.2) is 9.97 Å². The smallest absolute Gasteiger partial charge is 0.208 e. The Hall–Kier alpha value is -2.98. The summed E-state index contributed by atoms with van der Waals surface area (Å²) in [5, 5.41) is 21.4. The van der Waals surface area contributed by atoms with Crippen molar-refractivity contribution >= 4 is 11.6 Å². The molecule has 0 aliphatic rings. The molecule has 0 fully saturated rings. The van der Waals surface area contributed by atoms with E-state index in [0.29, 0.717) is 28.5 Å². The van der Waals surface area contributed by atoms with Crippen molar-refractivity contribution in [2.75, 3.05) is 12.4 Å². The summed E-state index contributed by atoms with van der Waals surface area (Å²) in [6.45, 7) is -0.179. The van der Waals surface area contributed by atoms with Gasteiger partial charge in [-0.2, -0.15) is 5.26 Å². The minimum Gasteiger partial charge on any atom is -0.390 e. The van der Waals surface area contributed by atoms with Gasteiger partial charge in [0.15, 0.2) is 11.3 Å². The van der Waals surface area contributed by atoms with Crippen molar-refractivity contribution in [2.24, 2.45) is 0 Å². The Kier molecular flexibility index (Phi) is 3.22. The summed E-state index contributed by atoms with van der Waals surface area (Å²) in [4.78, 5) is 12.8. The van der Waals surface area contributed by atoms with Crippen molar-refractivity contribution in [1.29, 1.82) is 5.26 Å². The molecule has 3 aromatic rings. The predicted molar refractivity (Wildman–Crippen MR) is 76.4 cm³/mol. The van der Waals surface area contributed by atoms with E-state index in [9.17, 15) is 5.11 Å². The lowest BCUT2D eigenvalue weighted by Gasteiger charge is -2.09. The van der Waals surface area contributed by atoms with Crippen molar-refractivity contribution in [2.45, 2.75) is 6.61 Å². The molecule has 0 aliphatic carbocycles. The summed E-state index contributed by atoms with van der Waals surface area (Å²) >= 11 is 0. The lowest BCUT2D eigenvalue weighted by atomic mass is 10.1. The molecule has 3 aromatic heterocycles. The minimum absolute atomic E-state index is 0.179. The van der Waals surface area contributed by atoms with Crippen molar-refractivity contribution < 1.29 is 5.11 Å². The standard InChI is InChI=1S/C14H12N6O/c1-16-14-18-6-11(10-3-2-4-17-12(10)8-21)13-19-9(5-15)7-20(13)14/h2-4,6-7,21H,8H2,1H3,(H,16,18). The molecule has 3 rings (SSSR count). The van der Waals surface area contributed by atoms with E-state index >= 15 is 0 Å². The molecule has 0 saturated heterocycles. The highest BCUT2D eigenvalue weighted by Crippen LogP contribution is 2.27. The maximum Gasteiger partial charge on any atom is 0.208 e. The molecule has 2 N–H and O–H groups in total. The maximum absolute atomic E-state index is 9.43. The molecule has 0 amide bonds. The van der Waals surface area contributed by atoms with Gasteiger partial charge in [0.1, 0.15) is 6.07 Å². The summed E-state index contributed by atoms with van der Waals surface area (Å²) < 4.78 is 1.71. The van der Waals surface area contributed by atoms with Crippen LogP contribution >= 0.6 is 0 Å². The van der Waals surface area contributed by atoms with Gasteiger partial charge in [0.25, 0.3) is 0 Å². The first-order valence-corrected chi connectivity index (χ1v) is 6.29. The van der Waals surface area contributed by atoms with Gasteiger partial charge in [-0.3, -0.25) is 9.38 Å². The fourth-order valence-corrected chi connectivity index (χ4v) is 2.22. The van der Waals surface area contributed by atoms with Crippen LogP contribution < -0.4 is 5.32 Å². The second-order valence-corrected chi connectivity index (χ2v) is 4.33. The second-order valence-electron chi connectivity index (χ2n) is 4.33. The van der Waals surface area contributed by atoms with Crippen LogP contribution in [-0.2, 0) is 6.61 Å². The minimum atomic E-state index is -0.179. The van der Waals surface area contributed by atoms with Crippen molar-refractivity contribution in [3.63, 3.8) is 0 Å². The van der Waals surface area contributed by atoms with Crippen LogP contribution in [0.15, 0.2) is 30.7 Å². The van der Waals surface area contributed by atoms with E-state index in [1.807, 2.05) is 12.1 Å². The average Bonchev–Trinajstić information content (AvgIpc) is 2.98. The number of hydrogen-bond donors (Lipinski definition) is 2. The molecule has 0 aromatic carbocycles. The highest BCUT2D eigenvalue weighted by Gasteiger charge is 2.14. The number of aliphatic hydroxyl groups excluding tert-OH is 1. The molecule has 0 aliphatic heterocycles. The van der Waals surface area contributed by atoms with Crippen LogP contribution in [0.2, 0.25) is 0 Å². The molecule has 7 heteroatoms. The number of aliphatic hydroxyl groups is 1. The first-order valence-electron chi connectivity index (χ1n) is 6.29. The van der Waals surface area contributed by atoms with E-state index in [0.717, 1.165) is 5.56 Å². The number of anilines is 1. The third-order valence-corrected chi connectivity index (χ3v) is 3.16. The lowest BCUT2D eigenvalue weighted by molar-refractivity contribution is 0.277. The Balaban J connectivity index is 2.33. The highest BCUT2D eigenvalue weighted by molar-refractivity contribution is 5.79. The van der Waals surface area contributed by atoms with Crippen molar-refractivity contribution in [3.05, 3.63) is 42.1 Å². The van der Waals surface area contributed by atoms with E-state index < -0.39 is 0 Å². The topological polar surface area (TPSA) is 99.1 Å². The van der Waals surface area contributed by atoms with E-state index in [-0.39, 0.29) is 6.61 Å². The van der Waals surface area contributed by atoms with Gasteiger partial charge in [-0.15, -0.1) is 0 Å². The van der Waals surface area contributed by atoms with Crippen molar-refractivity contribution in [3.8, 4) is 17.2 Å². The average molecular weight is 280 g/mol. The van der Waals surface area contributed by atoms with Crippen LogP contribution in [-0.4, -0.2) is 31.5 Å². The van der Waals surface area contributed by atoms with Crippen LogP contribution in [0.4, 0.5) is 5.95 Å². The van der Waals surface area contributed by atoms with E-state index in [4.69, 9.17) is 5.26 Å². The first-order chi connectivity index (χ1) is 10.3. The molecule has 0 radical (unpaired) electrons. The maximum atomic E-state index is 9.43. The fraction of sp³-hybridized carbons (Fsp3) is 0.143. The summed E-state index contributed by atoms with van der Waals surface area (Å²) in [6, 6.07) is 5.65. The van der Waals surface area contributed by atoms with Gasteiger partial charge >= 0.3 is 0 Å². The van der Waals surface area contributed by atoms with Crippen LogP contribution in [0.3, 0.4) is 0 Å². The summed E-state index contributed by atoms with van der Waals surface area (Å²) in [5.74, 6) is 0.581. The van der Waals surface area contributed by atoms with Gasteiger partial charge in [0, 0.05) is 30.6 Å². The van der Waals surface area contributed by atoms with Crippen molar-refractivity contribution in [1.82, 2.24) is 19.4 Å². The van der Waals surface area contributed by atoms with E-state index in [1.165, 1.54) is 0 Å². The number of fused-ring (bicyclic) bond motifs is 1. The highest BCUT2D eigenvalue weighted by atomic mass is 16.3. The Bertz CT molecular complexity index is 848. The first kappa shape index (κ1) is 13.0. The molecule has 7 nitrogen and oxygen atoms in total. The third-order valence-electron chi connectivity index (χ3n) is 3.16. The van der Waals surface area contributed by atoms with Crippen LogP contribution in [0.1, 0.15) is 11.4 Å². The number of imidazole rings is 1. The Labute approximate surface area is 120 Å². The van der Waals surface area contributed by atoms with E-state index in [1.54, 1.807) is 36.1 Å². The van der Waals surface area contributed by atoms with Gasteiger partial charge in [0.2, 0.25) is 5.95 Å². The number of rotatable bonds is 3. The largest absolute Gasteiger partial charge is 0.390 e. The zero-order chi connectivity index (χ0) is 14.8. The molecule has 0 saturated carbocycles.